The van der Waals surface area contributed by atoms with Crippen molar-refractivity contribution in [3.8, 4) is 17.0 Å². The number of piperazine rings is 1. The summed E-state index contributed by atoms with van der Waals surface area (Å²) in [5.41, 5.74) is 3.05. The summed E-state index contributed by atoms with van der Waals surface area (Å²) in [4.78, 5) is 65.7. The molecule has 0 radical (unpaired) electrons. The van der Waals surface area contributed by atoms with Crippen LogP contribution in [0.2, 0.25) is 0 Å². The van der Waals surface area contributed by atoms with Gasteiger partial charge in [0.2, 0.25) is 11.8 Å². The quantitative estimate of drug-likeness (QED) is 0.204. The Labute approximate surface area is 354 Å². The molecule has 10 rings (SSSR count). The molecule has 1 unspecified atom stereocenters. The highest BCUT2D eigenvalue weighted by atomic mass is 19.1. The molecule has 4 amide bonds. The Kier molecular flexibility index (Phi) is 10.1. The van der Waals surface area contributed by atoms with Crippen molar-refractivity contribution in [1.82, 2.24) is 35.2 Å². The van der Waals surface area contributed by atoms with Crippen molar-refractivity contribution in [3.63, 3.8) is 0 Å². The summed E-state index contributed by atoms with van der Waals surface area (Å²) in [6.07, 6.45) is 7.26. The summed E-state index contributed by atoms with van der Waals surface area (Å²) >= 11 is 0. The van der Waals surface area contributed by atoms with Crippen molar-refractivity contribution in [3.05, 3.63) is 65.9 Å². The van der Waals surface area contributed by atoms with Crippen molar-refractivity contribution in [2.75, 3.05) is 68.7 Å². The Morgan fingerprint density at radius 2 is 1.64 bits per heavy atom. The fraction of sp³-hybridized carbons (Fsp3) is 0.522. The van der Waals surface area contributed by atoms with Gasteiger partial charge in [-0.15, -0.1) is 0 Å². The molecule has 1 aliphatic carbocycles. The minimum Gasteiger partial charge on any atom is -0.488 e. The van der Waals surface area contributed by atoms with E-state index in [9.17, 15) is 19.2 Å². The third kappa shape index (κ3) is 7.86. The van der Waals surface area contributed by atoms with Gasteiger partial charge in [0, 0.05) is 94.2 Å². The van der Waals surface area contributed by atoms with Crippen molar-refractivity contribution < 1.29 is 28.3 Å². The van der Waals surface area contributed by atoms with Gasteiger partial charge in [0.25, 0.3) is 11.8 Å². The number of rotatable bonds is 10. The van der Waals surface area contributed by atoms with Gasteiger partial charge in [0.15, 0.2) is 0 Å². The number of piperidine rings is 3. The van der Waals surface area contributed by atoms with Crippen LogP contribution in [0, 0.1) is 5.92 Å². The summed E-state index contributed by atoms with van der Waals surface area (Å²) in [5.74, 6) is 0.289. The number of nitrogens with one attached hydrogen (secondary N) is 2. The Balaban J connectivity index is 0.690. The van der Waals surface area contributed by atoms with Crippen molar-refractivity contribution in [2.24, 2.45) is 5.92 Å². The third-order valence-electron chi connectivity index (χ3n) is 14.1. The van der Waals surface area contributed by atoms with Gasteiger partial charge in [0.05, 0.1) is 16.6 Å². The van der Waals surface area contributed by atoms with Gasteiger partial charge in [-0.2, -0.15) is 5.10 Å². The number of imide groups is 2. The molecule has 2 aromatic heterocycles. The normalized spacial score (nSPS) is 24.7. The van der Waals surface area contributed by atoms with Crippen molar-refractivity contribution >= 4 is 46.0 Å². The number of halogens is 1. The van der Waals surface area contributed by atoms with E-state index in [1.54, 1.807) is 12.1 Å². The minimum absolute atomic E-state index is 0.0566. The molecule has 2 atom stereocenters. The molecule has 320 valence electrons. The van der Waals surface area contributed by atoms with E-state index in [1.165, 1.54) is 0 Å². The highest BCUT2D eigenvalue weighted by Crippen LogP contribution is 2.41. The molecule has 1 saturated carbocycles. The number of anilines is 2. The lowest BCUT2D eigenvalue weighted by molar-refractivity contribution is -0.136. The van der Waals surface area contributed by atoms with Crippen LogP contribution < -0.4 is 19.9 Å². The van der Waals surface area contributed by atoms with Crippen LogP contribution in [-0.4, -0.2) is 136 Å². The number of likely N-dealkylation sites (tertiary alicyclic amines) is 1. The first-order chi connectivity index (χ1) is 29.4. The van der Waals surface area contributed by atoms with E-state index < -0.39 is 35.3 Å². The first-order valence-electron chi connectivity index (χ1n) is 22.1. The highest BCUT2D eigenvalue weighted by molar-refractivity contribution is 6.23. The zero-order valence-corrected chi connectivity index (χ0v) is 35.0. The van der Waals surface area contributed by atoms with E-state index in [1.807, 2.05) is 30.5 Å². The Morgan fingerprint density at radius 1 is 0.852 bits per heavy atom. The molecule has 4 aromatic rings. The maximum Gasteiger partial charge on any atom is 0.262 e. The molecule has 15 heteroatoms. The van der Waals surface area contributed by atoms with Crippen LogP contribution in [0.25, 0.3) is 22.2 Å². The van der Waals surface area contributed by atoms with E-state index in [0.29, 0.717) is 36.4 Å². The average molecular weight is 832 g/mol. The maximum absolute atomic E-state index is 16.5. The summed E-state index contributed by atoms with van der Waals surface area (Å²) in [6, 6.07) is 14.8. The van der Waals surface area contributed by atoms with Gasteiger partial charge in [-0.3, -0.25) is 39.4 Å². The zero-order chi connectivity index (χ0) is 42.0. The molecule has 2 aromatic carbocycles. The minimum atomic E-state index is -1.21. The second-order valence-electron chi connectivity index (χ2n) is 18.6. The smallest absolute Gasteiger partial charge is 0.262 e. The second kappa shape index (κ2) is 15.5. The highest BCUT2D eigenvalue weighted by Gasteiger charge is 2.45. The number of hydrogen-bond donors (Lipinski definition) is 2. The molecule has 2 N–H and O–H groups in total. The topological polar surface area (TPSA) is 147 Å². The van der Waals surface area contributed by atoms with Crippen LogP contribution in [0.3, 0.4) is 0 Å². The van der Waals surface area contributed by atoms with Gasteiger partial charge >= 0.3 is 0 Å². The maximum atomic E-state index is 16.5. The fourth-order valence-electron chi connectivity index (χ4n) is 10.1. The molecule has 0 spiro atoms. The first-order valence-corrected chi connectivity index (χ1v) is 22.1. The Bertz CT molecular complexity index is 2380. The van der Waals surface area contributed by atoms with Gasteiger partial charge in [-0.25, -0.2) is 9.37 Å². The number of carbonyl (C=O) groups excluding carboxylic acids is 4. The molecule has 6 aliphatic rings. The molecule has 0 bridgehead atoms. The molecule has 7 heterocycles. The summed E-state index contributed by atoms with van der Waals surface area (Å²) < 4.78 is 22.8. The lowest BCUT2D eigenvalue weighted by Gasteiger charge is -2.45. The predicted octanol–water partition coefficient (Wildman–Crippen LogP) is 5.19. The molecule has 4 saturated heterocycles. The number of alkyl halides is 1. The number of nitrogens with zero attached hydrogens (tertiary/aromatic N) is 7. The first kappa shape index (κ1) is 39.7. The van der Waals surface area contributed by atoms with Gasteiger partial charge in [-0.1, -0.05) is 0 Å². The monoisotopic (exact) mass is 831 g/mol. The number of benzene rings is 2. The second-order valence-corrected chi connectivity index (χ2v) is 18.6. The fourth-order valence-corrected chi connectivity index (χ4v) is 10.1. The van der Waals surface area contributed by atoms with E-state index >= 15 is 4.39 Å². The average Bonchev–Trinajstić information content (AvgIpc) is 3.74. The molecule has 5 aliphatic heterocycles. The summed E-state index contributed by atoms with van der Waals surface area (Å²) in [5, 5.41) is 11.1. The molecule has 5 fully saturated rings. The number of pyridine rings is 1. The number of H-pyrrole nitrogens is 1. The Hall–Kier alpha value is -5.41. The number of carbonyl (C=O) groups is 4. The van der Waals surface area contributed by atoms with Crippen LogP contribution in [0.5, 0.6) is 5.75 Å². The lowest BCUT2D eigenvalue weighted by atomic mass is 9.89. The number of aromatic nitrogens is 3. The van der Waals surface area contributed by atoms with Gasteiger partial charge < -0.3 is 19.4 Å². The summed E-state index contributed by atoms with van der Waals surface area (Å²) in [6.45, 7) is 11.2. The van der Waals surface area contributed by atoms with E-state index in [-0.39, 0.29) is 24.5 Å². The lowest BCUT2D eigenvalue weighted by Crippen LogP contribution is -2.57. The number of fused-ring (bicyclic) bond motifs is 2. The van der Waals surface area contributed by atoms with Crippen LogP contribution >= 0.6 is 0 Å². The number of hydrogen-bond acceptors (Lipinski definition) is 11. The molecular formula is C46H54FN9O5. The van der Waals surface area contributed by atoms with Crippen molar-refractivity contribution in [1.29, 1.82) is 0 Å². The zero-order valence-electron chi connectivity index (χ0n) is 35.0. The molecule has 61 heavy (non-hydrogen) atoms. The SMILES string of the molecule is C[C@H]1CN(c2cc(-c3n[nH]c4ccc(OC5(C)CC5)cc34)ccn2)CCN1CC1(F)CCN(CC2CCN(c3ccc4c(c3)C(=O)N(C3CCC(=O)NC3=O)C4=O)CC2)CC1. The number of amides is 4. The van der Waals surface area contributed by atoms with Crippen LogP contribution in [0.15, 0.2) is 54.7 Å². The Morgan fingerprint density at radius 3 is 2.39 bits per heavy atom. The van der Waals surface area contributed by atoms with Crippen LogP contribution in [-0.2, 0) is 9.59 Å². The molecular weight excluding hydrogens is 778 g/mol. The van der Waals surface area contributed by atoms with Gasteiger partial charge in [-0.05, 0) is 113 Å². The van der Waals surface area contributed by atoms with E-state index in [2.05, 4.69) is 61.1 Å². The molecule has 14 nitrogen and oxygen atoms in total. The van der Waals surface area contributed by atoms with Crippen LogP contribution in [0.1, 0.15) is 85.9 Å². The predicted molar refractivity (Wildman–Crippen MR) is 228 cm³/mol. The standard InChI is InChI=1S/C46H54FN9O5/c1-29-26-54(39-23-31(9-16-48-39)41-36-25-33(61-45(2)12-13-45)4-6-37(36)50-51-41)21-22-55(29)28-46(47)14-19-52(20-15-46)27-30-10-17-53(18-11-30)32-3-5-34-35(24-32)44(60)56(43(34)59)38-7-8-40(57)49-42(38)58/h3-6,9,16,23-25,29-30,38H,7-8,10-15,17-22,26-28H2,1-2H3,(H,50,51)(H,49,57,58)/t29-,38?/m0/s1. The largest absolute Gasteiger partial charge is 0.488 e. The number of aromatic amines is 1. The van der Waals surface area contributed by atoms with Crippen molar-refractivity contribution in [2.45, 2.75) is 88.6 Å². The number of ether oxygens (including phenoxy) is 1. The third-order valence-corrected chi connectivity index (χ3v) is 14.1. The summed E-state index contributed by atoms with van der Waals surface area (Å²) in [7, 11) is 0. The van der Waals surface area contributed by atoms with Crippen LogP contribution in [0.4, 0.5) is 15.9 Å². The van der Waals surface area contributed by atoms with E-state index in [0.717, 1.165) is 122 Å². The van der Waals surface area contributed by atoms with Gasteiger partial charge in [0.1, 0.15) is 34.6 Å². The van der Waals surface area contributed by atoms with E-state index in [4.69, 9.17) is 9.72 Å².